The van der Waals surface area contributed by atoms with E-state index in [2.05, 4.69) is 4.98 Å². The molecule has 0 fully saturated rings. The fourth-order valence-electron chi connectivity index (χ4n) is 1.96. The minimum atomic E-state index is -4.50. The van der Waals surface area contributed by atoms with Gasteiger partial charge < -0.3 is 9.84 Å². The van der Waals surface area contributed by atoms with Crippen LogP contribution in [-0.4, -0.2) is 28.8 Å². The molecule has 0 aliphatic rings. The largest absolute Gasteiger partial charge is 0.478 e. The molecule has 23 heavy (non-hydrogen) atoms. The number of ether oxygens (including phenoxy) is 1. The molecule has 122 valence electrons. The van der Waals surface area contributed by atoms with Crippen LogP contribution in [0.2, 0.25) is 0 Å². The monoisotopic (exact) mass is 325 g/mol. The van der Waals surface area contributed by atoms with Crippen molar-refractivity contribution in [3.05, 3.63) is 47.7 Å². The number of rotatable bonds is 5. The number of hydrogen-bond donors (Lipinski definition) is 1. The minimum Gasteiger partial charge on any atom is -0.478 e. The van der Waals surface area contributed by atoms with Crippen LogP contribution in [-0.2, 0) is 6.42 Å². The van der Waals surface area contributed by atoms with Gasteiger partial charge in [0.2, 0.25) is 5.88 Å². The Morgan fingerprint density at radius 3 is 2.43 bits per heavy atom. The van der Waals surface area contributed by atoms with Gasteiger partial charge in [-0.3, -0.25) is 0 Å². The second-order valence-corrected chi connectivity index (χ2v) is 4.84. The highest BCUT2D eigenvalue weighted by Crippen LogP contribution is 2.30. The average molecular weight is 325 g/mol. The summed E-state index contributed by atoms with van der Waals surface area (Å²) in [5, 5.41) is 9.03. The number of nitrogens with zero attached hydrogens (tertiary/aromatic N) is 1. The molecule has 0 radical (unpaired) electrons. The molecule has 7 heteroatoms. The van der Waals surface area contributed by atoms with Crippen molar-refractivity contribution in [1.82, 2.24) is 4.98 Å². The highest BCUT2D eigenvalue weighted by atomic mass is 19.4. The van der Waals surface area contributed by atoms with Crippen LogP contribution in [0.1, 0.15) is 22.8 Å². The van der Waals surface area contributed by atoms with Gasteiger partial charge in [-0.15, -0.1) is 0 Å². The predicted octanol–water partition coefficient (Wildman–Crippen LogP) is 3.95. The summed E-state index contributed by atoms with van der Waals surface area (Å²) in [5.74, 6) is -1.47. The van der Waals surface area contributed by atoms with Crippen LogP contribution in [0.5, 0.6) is 5.88 Å². The Morgan fingerprint density at radius 2 is 1.91 bits per heavy atom. The molecule has 1 heterocycles. The second kappa shape index (κ2) is 6.68. The van der Waals surface area contributed by atoms with Crippen molar-refractivity contribution >= 4 is 5.97 Å². The van der Waals surface area contributed by atoms with Crippen molar-refractivity contribution < 1.29 is 27.8 Å². The van der Waals surface area contributed by atoms with Crippen molar-refractivity contribution in [1.29, 1.82) is 0 Å². The Bertz CT molecular complexity index is 697. The van der Waals surface area contributed by atoms with E-state index in [9.17, 15) is 18.0 Å². The van der Waals surface area contributed by atoms with Gasteiger partial charge in [-0.05, 0) is 23.6 Å². The molecule has 0 aliphatic carbocycles. The third-order valence-corrected chi connectivity index (χ3v) is 3.14. The summed E-state index contributed by atoms with van der Waals surface area (Å²) >= 11 is 0. The van der Waals surface area contributed by atoms with Gasteiger partial charge in [0.25, 0.3) is 0 Å². The van der Waals surface area contributed by atoms with Gasteiger partial charge in [-0.2, -0.15) is 13.2 Å². The zero-order valence-electron chi connectivity index (χ0n) is 12.2. The first-order chi connectivity index (χ1) is 10.8. The van der Waals surface area contributed by atoms with Crippen LogP contribution in [0.3, 0.4) is 0 Å². The molecule has 4 nitrogen and oxygen atoms in total. The number of aryl methyl sites for hydroxylation is 1. The van der Waals surface area contributed by atoms with Crippen LogP contribution >= 0.6 is 0 Å². The fraction of sp³-hybridized carbons (Fsp3) is 0.250. The molecule has 0 aliphatic heterocycles. The number of hydrogen-bond acceptors (Lipinski definition) is 3. The molecule has 0 amide bonds. The highest BCUT2D eigenvalue weighted by Gasteiger charge is 2.29. The summed E-state index contributed by atoms with van der Waals surface area (Å²) in [5.41, 5.74) is 1.67. The highest BCUT2D eigenvalue weighted by molar-refractivity contribution is 5.89. The zero-order valence-corrected chi connectivity index (χ0v) is 12.2. The summed E-state index contributed by atoms with van der Waals surface area (Å²) in [7, 11) is 0. The van der Waals surface area contributed by atoms with Gasteiger partial charge >= 0.3 is 12.1 Å². The number of carboxylic acid groups (broad SMARTS) is 1. The average Bonchev–Trinajstić information content (AvgIpc) is 2.52. The van der Waals surface area contributed by atoms with Gasteiger partial charge in [0.15, 0.2) is 6.61 Å². The van der Waals surface area contributed by atoms with Gasteiger partial charge in [-0.1, -0.05) is 31.2 Å². The Morgan fingerprint density at radius 1 is 1.26 bits per heavy atom. The first-order valence-electron chi connectivity index (χ1n) is 6.82. The molecule has 0 spiro atoms. The van der Waals surface area contributed by atoms with Crippen LogP contribution in [0.25, 0.3) is 11.1 Å². The van der Waals surface area contributed by atoms with Gasteiger partial charge in [0.1, 0.15) is 0 Å². The van der Waals surface area contributed by atoms with Crippen molar-refractivity contribution in [2.75, 3.05) is 6.61 Å². The Labute approximate surface area is 130 Å². The van der Waals surface area contributed by atoms with Crippen molar-refractivity contribution in [3.63, 3.8) is 0 Å². The Kier molecular flexibility index (Phi) is 4.88. The van der Waals surface area contributed by atoms with E-state index in [1.165, 1.54) is 6.07 Å². The summed E-state index contributed by atoms with van der Waals surface area (Å²) in [6, 6.07) is 8.28. The van der Waals surface area contributed by atoms with E-state index >= 15 is 0 Å². The van der Waals surface area contributed by atoms with E-state index in [4.69, 9.17) is 9.84 Å². The van der Waals surface area contributed by atoms with Gasteiger partial charge in [0.05, 0.1) is 5.56 Å². The lowest BCUT2D eigenvalue weighted by Gasteiger charge is -2.13. The second-order valence-electron chi connectivity index (χ2n) is 4.84. The standard InChI is InChI=1S/C16H14F3NO3/c1-2-10-3-5-11(6-4-10)13-7-12(15(21)22)8-20-14(13)23-9-16(17,18)19/h3-8H,2,9H2,1H3,(H,21,22). The maximum Gasteiger partial charge on any atom is 0.422 e. The molecule has 0 unspecified atom stereocenters. The summed E-state index contributed by atoms with van der Waals surface area (Å²) in [6.07, 6.45) is -2.72. The number of carbonyl (C=O) groups is 1. The van der Waals surface area contributed by atoms with E-state index in [0.717, 1.165) is 18.2 Å². The van der Waals surface area contributed by atoms with Crippen LogP contribution in [0.15, 0.2) is 36.5 Å². The number of alkyl halides is 3. The molecular formula is C16H14F3NO3. The van der Waals surface area contributed by atoms with Crippen LogP contribution in [0, 0.1) is 0 Å². The van der Waals surface area contributed by atoms with E-state index < -0.39 is 18.8 Å². The third-order valence-electron chi connectivity index (χ3n) is 3.14. The molecule has 2 aromatic rings. The fourth-order valence-corrected chi connectivity index (χ4v) is 1.96. The lowest BCUT2D eigenvalue weighted by atomic mass is 10.0. The molecule has 1 aromatic heterocycles. The molecule has 0 saturated carbocycles. The SMILES string of the molecule is CCc1ccc(-c2cc(C(=O)O)cnc2OCC(F)(F)F)cc1. The topological polar surface area (TPSA) is 59.4 Å². The van der Waals surface area contributed by atoms with Gasteiger partial charge in [-0.25, -0.2) is 9.78 Å². The third kappa shape index (κ3) is 4.45. The molecule has 0 bridgehead atoms. The summed E-state index contributed by atoms with van der Waals surface area (Å²) in [4.78, 5) is 14.8. The van der Waals surface area contributed by atoms with Crippen molar-refractivity contribution in [2.45, 2.75) is 19.5 Å². The maximum absolute atomic E-state index is 12.3. The number of aromatic carboxylic acids is 1. The number of aromatic nitrogens is 1. The molecule has 2 rings (SSSR count). The predicted molar refractivity (Wildman–Crippen MR) is 77.6 cm³/mol. The summed E-state index contributed by atoms with van der Waals surface area (Å²) in [6.45, 7) is 0.478. The number of benzene rings is 1. The lowest BCUT2D eigenvalue weighted by Crippen LogP contribution is -2.20. The summed E-state index contributed by atoms with van der Waals surface area (Å²) < 4.78 is 41.7. The molecule has 0 saturated heterocycles. The van der Waals surface area contributed by atoms with Crippen molar-refractivity contribution in [2.24, 2.45) is 0 Å². The van der Waals surface area contributed by atoms with Crippen LogP contribution in [0.4, 0.5) is 13.2 Å². The molecular weight excluding hydrogens is 311 g/mol. The number of pyridine rings is 1. The minimum absolute atomic E-state index is 0.126. The van der Waals surface area contributed by atoms with E-state index in [1.807, 2.05) is 19.1 Å². The molecule has 0 atom stereocenters. The molecule has 1 N–H and O–H groups in total. The van der Waals surface area contributed by atoms with E-state index in [-0.39, 0.29) is 17.0 Å². The normalized spacial score (nSPS) is 11.3. The Hall–Kier alpha value is -2.57. The lowest BCUT2D eigenvalue weighted by molar-refractivity contribution is -0.154. The first kappa shape index (κ1) is 16.8. The molecule has 1 aromatic carbocycles. The Balaban J connectivity index is 2.43. The van der Waals surface area contributed by atoms with E-state index in [1.54, 1.807) is 12.1 Å². The smallest absolute Gasteiger partial charge is 0.422 e. The van der Waals surface area contributed by atoms with Crippen molar-refractivity contribution in [3.8, 4) is 17.0 Å². The number of halogens is 3. The first-order valence-corrected chi connectivity index (χ1v) is 6.82. The van der Waals surface area contributed by atoms with Gasteiger partial charge in [0, 0.05) is 11.8 Å². The quantitative estimate of drug-likeness (QED) is 0.904. The maximum atomic E-state index is 12.3. The number of carboxylic acids is 1. The zero-order chi connectivity index (χ0) is 17.0. The van der Waals surface area contributed by atoms with E-state index in [0.29, 0.717) is 5.56 Å². The van der Waals surface area contributed by atoms with Crippen LogP contribution < -0.4 is 4.74 Å².